The first-order chi connectivity index (χ1) is 9.22. The standard InChI is InChI=1S/C15H10F2N2/c16-11-6-13-14(7-12(11)17)19-15(18-13)10-5-8-3-1-2-4-9(8)10/h1-4,6-7,10H,5H2,(H,18,19). The zero-order chi connectivity index (χ0) is 13.0. The highest BCUT2D eigenvalue weighted by molar-refractivity contribution is 5.75. The quantitative estimate of drug-likeness (QED) is 0.709. The summed E-state index contributed by atoms with van der Waals surface area (Å²) in [5.74, 6) is -0.732. The summed E-state index contributed by atoms with van der Waals surface area (Å²) in [5, 5.41) is 0. The average molecular weight is 256 g/mol. The van der Waals surface area contributed by atoms with Crippen molar-refractivity contribution in [2.45, 2.75) is 12.3 Å². The van der Waals surface area contributed by atoms with Crippen LogP contribution in [0.3, 0.4) is 0 Å². The third kappa shape index (κ3) is 1.49. The summed E-state index contributed by atoms with van der Waals surface area (Å²) in [6.45, 7) is 0. The van der Waals surface area contributed by atoms with Crippen LogP contribution < -0.4 is 0 Å². The van der Waals surface area contributed by atoms with E-state index >= 15 is 0 Å². The maximum absolute atomic E-state index is 13.2. The van der Waals surface area contributed by atoms with Gasteiger partial charge in [0.2, 0.25) is 0 Å². The maximum Gasteiger partial charge on any atom is 0.161 e. The lowest BCUT2D eigenvalue weighted by Gasteiger charge is -2.28. The maximum atomic E-state index is 13.2. The Morgan fingerprint density at radius 3 is 2.74 bits per heavy atom. The first-order valence-corrected chi connectivity index (χ1v) is 6.15. The minimum absolute atomic E-state index is 0.203. The second kappa shape index (κ2) is 3.63. The van der Waals surface area contributed by atoms with Gasteiger partial charge >= 0.3 is 0 Å². The largest absolute Gasteiger partial charge is 0.341 e. The average Bonchev–Trinajstić information content (AvgIpc) is 2.74. The van der Waals surface area contributed by atoms with Crippen molar-refractivity contribution >= 4 is 11.0 Å². The van der Waals surface area contributed by atoms with Crippen molar-refractivity contribution < 1.29 is 8.78 Å². The van der Waals surface area contributed by atoms with Crippen molar-refractivity contribution in [3.63, 3.8) is 0 Å². The van der Waals surface area contributed by atoms with Gasteiger partial charge in [-0.25, -0.2) is 13.8 Å². The van der Waals surface area contributed by atoms with Crippen LogP contribution in [0, 0.1) is 11.6 Å². The van der Waals surface area contributed by atoms with Crippen molar-refractivity contribution in [1.82, 2.24) is 9.97 Å². The van der Waals surface area contributed by atoms with E-state index in [0.29, 0.717) is 11.0 Å². The first kappa shape index (κ1) is 10.7. The van der Waals surface area contributed by atoms with E-state index in [9.17, 15) is 8.78 Å². The Labute approximate surface area is 108 Å². The number of imidazole rings is 1. The third-order valence-electron chi connectivity index (χ3n) is 3.73. The minimum atomic E-state index is -0.862. The number of fused-ring (bicyclic) bond motifs is 2. The van der Waals surface area contributed by atoms with Crippen molar-refractivity contribution in [2.24, 2.45) is 0 Å². The second-order valence-corrected chi connectivity index (χ2v) is 4.86. The lowest BCUT2D eigenvalue weighted by atomic mass is 9.77. The molecule has 1 aliphatic rings. The predicted octanol–water partition coefficient (Wildman–Crippen LogP) is 3.53. The van der Waals surface area contributed by atoms with E-state index in [4.69, 9.17) is 0 Å². The van der Waals surface area contributed by atoms with Gasteiger partial charge in [0, 0.05) is 18.1 Å². The van der Waals surface area contributed by atoms with Gasteiger partial charge in [-0.05, 0) is 17.5 Å². The molecule has 0 spiro atoms. The third-order valence-corrected chi connectivity index (χ3v) is 3.73. The summed E-state index contributed by atoms with van der Waals surface area (Å²) in [6, 6.07) is 10.5. The number of halogens is 2. The van der Waals surface area contributed by atoms with Crippen LogP contribution in [-0.2, 0) is 6.42 Å². The van der Waals surface area contributed by atoms with E-state index in [1.807, 2.05) is 12.1 Å². The fourth-order valence-electron chi connectivity index (χ4n) is 2.69. The van der Waals surface area contributed by atoms with Gasteiger partial charge in [-0.3, -0.25) is 0 Å². The molecule has 2 nitrogen and oxygen atoms in total. The van der Waals surface area contributed by atoms with Gasteiger partial charge in [0.1, 0.15) is 5.82 Å². The van der Waals surface area contributed by atoms with E-state index in [0.717, 1.165) is 24.4 Å². The molecule has 0 radical (unpaired) electrons. The molecule has 19 heavy (non-hydrogen) atoms. The van der Waals surface area contributed by atoms with Crippen LogP contribution in [0.15, 0.2) is 36.4 Å². The van der Waals surface area contributed by atoms with Gasteiger partial charge in [0.25, 0.3) is 0 Å². The van der Waals surface area contributed by atoms with Gasteiger partial charge in [-0.2, -0.15) is 0 Å². The monoisotopic (exact) mass is 256 g/mol. The number of nitrogens with zero attached hydrogens (tertiary/aromatic N) is 1. The number of hydrogen-bond donors (Lipinski definition) is 1. The van der Waals surface area contributed by atoms with Gasteiger partial charge in [-0.15, -0.1) is 0 Å². The lowest BCUT2D eigenvalue weighted by Crippen LogP contribution is -2.18. The van der Waals surface area contributed by atoms with Crippen molar-refractivity contribution in [1.29, 1.82) is 0 Å². The number of aromatic nitrogens is 2. The molecule has 0 amide bonds. The van der Waals surface area contributed by atoms with E-state index in [-0.39, 0.29) is 5.92 Å². The highest BCUT2D eigenvalue weighted by atomic mass is 19.2. The van der Waals surface area contributed by atoms with Crippen LogP contribution in [0.25, 0.3) is 11.0 Å². The normalized spacial score (nSPS) is 17.3. The Morgan fingerprint density at radius 1 is 1.11 bits per heavy atom. The molecule has 1 atom stereocenters. The molecular weight excluding hydrogens is 246 g/mol. The Bertz CT molecular complexity index is 753. The molecule has 1 aliphatic carbocycles. The Hall–Kier alpha value is -2.23. The number of aromatic amines is 1. The summed E-state index contributed by atoms with van der Waals surface area (Å²) >= 11 is 0. The molecule has 1 aromatic heterocycles. The van der Waals surface area contributed by atoms with Crippen LogP contribution in [0.1, 0.15) is 22.9 Å². The summed E-state index contributed by atoms with van der Waals surface area (Å²) < 4.78 is 26.3. The smallest absolute Gasteiger partial charge is 0.161 e. The fourth-order valence-corrected chi connectivity index (χ4v) is 2.69. The molecule has 1 N–H and O–H groups in total. The first-order valence-electron chi connectivity index (χ1n) is 6.15. The molecule has 1 unspecified atom stereocenters. The van der Waals surface area contributed by atoms with Crippen LogP contribution in [0.2, 0.25) is 0 Å². The highest BCUT2D eigenvalue weighted by Crippen LogP contribution is 2.39. The van der Waals surface area contributed by atoms with E-state index in [1.54, 1.807) is 0 Å². The molecule has 0 fully saturated rings. The second-order valence-electron chi connectivity index (χ2n) is 4.86. The van der Waals surface area contributed by atoms with Crippen LogP contribution >= 0.6 is 0 Å². The lowest BCUT2D eigenvalue weighted by molar-refractivity contribution is 0.510. The van der Waals surface area contributed by atoms with Gasteiger partial charge in [0.05, 0.1) is 11.0 Å². The zero-order valence-electron chi connectivity index (χ0n) is 9.95. The van der Waals surface area contributed by atoms with Crippen LogP contribution in [-0.4, -0.2) is 9.97 Å². The minimum Gasteiger partial charge on any atom is -0.341 e. The fraction of sp³-hybridized carbons (Fsp3) is 0.133. The van der Waals surface area contributed by atoms with E-state index in [2.05, 4.69) is 22.1 Å². The molecule has 1 heterocycles. The van der Waals surface area contributed by atoms with Crippen LogP contribution in [0.5, 0.6) is 0 Å². The molecule has 3 aromatic rings. The summed E-state index contributed by atoms with van der Waals surface area (Å²) in [7, 11) is 0. The number of benzene rings is 2. The van der Waals surface area contributed by atoms with Crippen LogP contribution in [0.4, 0.5) is 8.78 Å². The molecule has 4 rings (SSSR count). The summed E-state index contributed by atoms with van der Waals surface area (Å²) in [4.78, 5) is 7.46. The zero-order valence-corrected chi connectivity index (χ0v) is 9.95. The summed E-state index contributed by atoms with van der Waals surface area (Å²) in [5.41, 5.74) is 3.56. The van der Waals surface area contributed by atoms with Gasteiger partial charge < -0.3 is 4.98 Å². The number of nitrogens with one attached hydrogen (secondary N) is 1. The highest BCUT2D eigenvalue weighted by Gasteiger charge is 2.29. The molecule has 0 bridgehead atoms. The topological polar surface area (TPSA) is 28.7 Å². The Morgan fingerprint density at radius 2 is 1.89 bits per heavy atom. The van der Waals surface area contributed by atoms with Gasteiger partial charge in [0.15, 0.2) is 11.6 Å². The van der Waals surface area contributed by atoms with Crippen molar-refractivity contribution in [2.75, 3.05) is 0 Å². The van der Waals surface area contributed by atoms with Gasteiger partial charge in [-0.1, -0.05) is 24.3 Å². The number of rotatable bonds is 1. The number of H-pyrrole nitrogens is 1. The molecule has 94 valence electrons. The molecule has 4 heteroatoms. The van der Waals surface area contributed by atoms with E-state index in [1.165, 1.54) is 11.1 Å². The molecule has 0 saturated carbocycles. The Kier molecular flexibility index (Phi) is 2.04. The van der Waals surface area contributed by atoms with Crippen molar-refractivity contribution in [3.8, 4) is 0 Å². The Balaban J connectivity index is 1.82. The molecule has 0 saturated heterocycles. The SMILES string of the molecule is Fc1cc2nc(C3Cc4ccccc43)[nH]c2cc1F. The molecule has 0 aliphatic heterocycles. The summed E-state index contributed by atoms with van der Waals surface area (Å²) in [6.07, 6.45) is 0.918. The molecule has 2 aromatic carbocycles. The molecular formula is C15H10F2N2. The predicted molar refractivity (Wildman–Crippen MR) is 68.0 cm³/mol. The van der Waals surface area contributed by atoms with Crippen molar-refractivity contribution in [3.05, 3.63) is 65.0 Å². The van der Waals surface area contributed by atoms with E-state index < -0.39 is 11.6 Å². The number of hydrogen-bond acceptors (Lipinski definition) is 1.